The molecule has 1 aliphatic heterocycles. The Bertz CT molecular complexity index is 833. The molecule has 0 aliphatic carbocycles. The number of hydrogen-bond acceptors (Lipinski definition) is 6. The van der Waals surface area contributed by atoms with Crippen molar-refractivity contribution in [2.45, 2.75) is 31.4 Å². The molecule has 0 spiro atoms. The van der Waals surface area contributed by atoms with Crippen LogP contribution in [0.15, 0.2) is 29.1 Å². The van der Waals surface area contributed by atoms with Gasteiger partial charge in [0.1, 0.15) is 11.6 Å². The maximum Gasteiger partial charge on any atom is 0.340 e. The third kappa shape index (κ3) is 4.75. The number of carbonyl (C=O) groups excluding carboxylic acids is 1. The first-order valence-corrected chi connectivity index (χ1v) is 8.99. The van der Waals surface area contributed by atoms with Crippen molar-refractivity contribution in [3.63, 3.8) is 0 Å². The molecular weight excluding hydrogens is 350 g/mol. The maximum absolute atomic E-state index is 12.8. The first-order chi connectivity index (χ1) is 13.0. The lowest BCUT2D eigenvalue weighted by Crippen LogP contribution is -2.57. The Morgan fingerprint density at radius 3 is 3.00 bits per heavy atom. The summed E-state index contributed by atoms with van der Waals surface area (Å²) in [6.07, 6.45) is 1.66. The molecule has 0 saturated carbocycles. The minimum Gasteiger partial charge on any atom is -0.497 e. The number of hydrogen-bond donors (Lipinski definition) is 4. The highest BCUT2D eigenvalue weighted by molar-refractivity contribution is 5.86. The highest BCUT2D eigenvalue weighted by atomic mass is 16.5. The zero-order valence-electron chi connectivity index (χ0n) is 15.3. The van der Waals surface area contributed by atoms with Gasteiger partial charge in [0, 0.05) is 32.6 Å². The largest absolute Gasteiger partial charge is 0.497 e. The van der Waals surface area contributed by atoms with Crippen LogP contribution in [0.25, 0.3) is 0 Å². The number of aromatic amines is 2. The van der Waals surface area contributed by atoms with E-state index >= 15 is 0 Å². The fourth-order valence-electron chi connectivity index (χ4n) is 3.30. The van der Waals surface area contributed by atoms with Crippen molar-refractivity contribution >= 4 is 5.91 Å². The molecule has 2 heterocycles. The van der Waals surface area contributed by atoms with Gasteiger partial charge in [0.25, 0.3) is 5.91 Å². The van der Waals surface area contributed by atoms with Gasteiger partial charge < -0.3 is 20.1 Å². The van der Waals surface area contributed by atoms with Crippen molar-refractivity contribution < 1.29 is 14.6 Å². The summed E-state index contributed by atoms with van der Waals surface area (Å²) in [5, 5.41) is 20.1. The summed E-state index contributed by atoms with van der Waals surface area (Å²) in [7, 11) is 1.61. The van der Waals surface area contributed by atoms with Crippen molar-refractivity contribution in [2.75, 3.05) is 26.7 Å². The molecule has 27 heavy (non-hydrogen) atoms. The van der Waals surface area contributed by atoms with Crippen LogP contribution in [0, 0.1) is 0 Å². The molecule has 4 N–H and O–H groups in total. The Labute approximate surface area is 156 Å². The number of aromatic nitrogens is 3. The smallest absolute Gasteiger partial charge is 0.340 e. The van der Waals surface area contributed by atoms with Gasteiger partial charge >= 0.3 is 5.69 Å². The number of aliphatic hydroxyl groups is 1. The number of amides is 1. The predicted octanol–water partition coefficient (Wildman–Crippen LogP) is -0.208. The average molecular weight is 375 g/mol. The second kappa shape index (κ2) is 8.36. The molecule has 1 amide bonds. The Hall–Kier alpha value is -2.65. The first-order valence-electron chi connectivity index (χ1n) is 8.99. The van der Waals surface area contributed by atoms with Crippen LogP contribution in [0.2, 0.25) is 0 Å². The Balaban J connectivity index is 1.54. The summed E-state index contributed by atoms with van der Waals surface area (Å²) in [4.78, 5) is 28.1. The number of nitrogens with zero attached hydrogens (tertiary/aromatic N) is 2. The van der Waals surface area contributed by atoms with Crippen LogP contribution >= 0.6 is 0 Å². The lowest BCUT2D eigenvalue weighted by molar-refractivity contribution is -0.157. The number of methoxy groups -OCH3 is 1. The number of H-pyrrole nitrogens is 2. The molecule has 0 radical (unpaired) electrons. The number of likely N-dealkylation sites (tertiary alicyclic amines) is 1. The molecule has 146 valence electrons. The summed E-state index contributed by atoms with van der Waals surface area (Å²) in [6, 6.07) is 7.57. The zero-order valence-corrected chi connectivity index (χ0v) is 15.3. The zero-order chi connectivity index (χ0) is 19.3. The summed E-state index contributed by atoms with van der Waals surface area (Å²) in [6.45, 7) is 1.71. The minimum absolute atomic E-state index is 0.162. The fourth-order valence-corrected chi connectivity index (χ4v) is 3.30. The number of rotatable bonds is 8. The number of ether oxygens (including phenoxy) is 1. The topological polar surface area (TPSA) is 123 Å². The van der Waals surface area contributed by atoms with Crippen LogP contribution in [-0.2, 0) is 17.8 Å². The number of piperidine rings is 1. The van der Waals surface area contributed by atoms with Gasteiger partial charge in [0.05, 0.1) is 7.11 Å². The van der Waals surface area contributed by atoms with Crippen LogP contribution < -0.4 is 15.7 Å². The standard InChI is InChI=1S/C18H25N5O4/c1-27-14-5-2-4-13(10-14)11-23-9-3-7-18(26,16(23)24)12-19-8-6-15-20-17(25)22-21-15/h2,4-5,10,19,26H,3,6-9,11-12H2,1H3,(H2,20,21,22,25)/t18-/m0/s1. The molecule has 1 aromatic carbocycles. The third-order valence-electron chi connectivity index (χ3n) is 4.72. The van der Waals surface area contributed by atoms with E-state index in [9.17, 15) is 14.7 Å². The fraction of sp³-hybridized carbons (Fsp3) is 0.500. The highest BCUT2D eigenvalue weighted by Gasteiger charge is 2.41. The Morgan fingerprint density at radius 1 is 1.41 bits per heavy atom. The van der Waals surface area contributed by atoms with E-state index in [2.05, 4.69) is 20.5 Å². The summed E-state index contributed by atoms with van der Waals surface area (Å²) in [5.41, 5.74) is -0.808. The summed E-state index contributed by atoms with van der Waals surface area (Å²) < 4.78 is 5.22. The van der Waals surface area contributed by atoms with Crippen molar-refractivity contribution in [2.24, 2.45) is 0 Å². The van der Waals surface area contributed by atoms with Crippen LogP contribution in [0.1, 0.15) is 24.2 Å². The molecule has 1 fully saturated rings. The van der Waals surface area contributed by atoms with Gasteiger partial charge in [-0.3, -0.25) is 9.78 Å². The van der Waals surface area contributed by atoms with E-state index in [4.69, 9.17) is 4.74 Å². The van der Waals surface area contributed by atoms with Gasteiger partial charge in [-0.1, -0.05) is 12.1 Å². The summed E-state index contributed by atoms with van der Waals surface area (Å²) >= 11 is 0. The highest BCUT2D eigenvalue weighted by Crippen LogP contribution is 2.24. The molecule has 1 aliphatic rings. The minimum atomic E-state index is -1.42. The molecule has 1 saturated heterocycles. The van der Waals surface area contributed by atoms with Gasteiger partial charge in [0.2, 0.25) is 0 Å². The van der Waals surface area contributed by atoms with Crippen LogP contribution in [-0.4, -0.2) is 63.4 Å². The normalized spacial score (nSPS) is 20.1. The molecular formula is C18H25N5O4. The molecule has 0 unspecified atom stereocenters. The van der Waals surface area contributed by atoms with Crippen molar-refractivity contribution in [3.05, 3.63) is 46.1 Å². The average Bonchev–Trinajstić information content (AvgIpc) is 3.08. The van der Waals surface area contributed by atoms with E-state index < -0.39 is 5.60 Å². The molecule has 2 aromatic rings. The van der Waals surface area contributed by atoms with E-state index in [1.54, 1.807) is 12.0 Å². The van der Waals surface area contributed by atoms with Crippen LogP contribution in [0.5, 0.6) is 5.75 Å². The second-order valence-electron chi connectivity index (χ2n) is 6.76. The van der Waals surface area contributed by atoms with E-state index in [1.807, 2.05) is 24.3 Å². The maximum atomic E-state index is 12.8. The molecule has 3 rings (SSSR count). The van der Waals surface area contributed by atoms with Crippen molar-refractivity contribution in [3.8, 4) is 5.75 Å². The Morgan fingerprint density at radius 2 is 2.26 bits per heavy atom. The summed E-state index contributed by atoms with van der Waals surface area (Å²) in [5.74, 6) is 1.01. The second-order valence-corrected chi connectivity index (χ2v) is 6.76. The quantitative estimate of drug-likeness (QED) is 0.474. The third-order valence-corrected chi connectivity index (χ3v) is 4.72. The lowest BCUT2D eigenvalue weighted by atomic mass is 9.91. The van der Waals surface area contributed by atoms with Gasteiger partial charge in [-0.05, 0) is 30.5 Å². The number of benzene rings is 1. The molecule has 1 aromatic heterocycles. The first kappa shape index (κ1) is 19.1. The van der Waals surface area contributed by atoms with E-state index in [-0.39, 0.29) is 18.1 Å². The molecule has 0 bridgehead atoms. The van der Waals surface area contributed by atoms with Crippen LogP contribution in [0.3, 0.4) is 0 Å². The van der Waals surface area contributed by atoms with Gasteiger partial charge in [0.15, 0.2) is 5.60 Å². The van der Waals surface area contributed by atoms with Crippen molar-refractivity contribution in [1.82, 2.24) is 25.4 Å². The molecule has 1 atom stereocenters. The van der Waals surface area contributed by atoms with E-state index in [0.29, 0.717) is 38.3 Å². The monoisotopic (exact) mass is 375 g/mol. The lowest BCUT2D eigenvalue weighted by Gasteiger charge is -2.38. The van der Waals surface area contributed by atoms with Gasteiger partial charge in [-0.25, -0.2) is 9.89 Å². The Kier molecular flexibility index (Phi) is 5.92. The molecule has 9 nitrogen and oxygen atoms in total. The van der Waals surface area contributed by atoms with Crippen LogP contribution in [0.4, 0.5) is 0 Å². The van der Waals surface area contributed by atoms with E-state index in [0.717, 1.165) is 17.7 Å². The molecule has 9 heteroatoms. The predicted molar refractivity (Wildman–Crippen MR) is 98.4 cm³/mol. The van der Waals surface area contributed by atoms with Crippen molar-refractivity contribution in [1.29, 1.82) is 0 Å². The number of nitrogens with one attached hydrogen (secondary N) is 3. The number of carbonyl (C=O) groups is 1. The van der Waals surface area contributed by atoms with E-state index in [1.165, 1.54) is 0 Å². The van der Waals surface area contributed by atoms with Gasteiger partial charge in [-0.15, -0.1) is 0 Å². The SMILES string of the molecule is COc1cccc(CN2CCC[C@](O)(CNCCc3n[nH]c(=O)[nH]3)C2=O)c1. The van der Waals surface area contributed by atoms with Gasteiger partial charge in [-0.2, -0.15) is 5.10 Å².